The van der Waals surface area contributed by atoms with Crippen molar-refractivity contribution in [1.82, 2.24) is 4.31 Å². The summed E-state index contributed by atoms with van der Waals surface area (Å²) in [7, 11) is -1.55. The number of piperidine rings is 1. The van der Waals surface area contributed by atoms with Crippen LogP contribution < -0.4 is 5.32 Å². The van der Waals surface area contributed by atoms with E-state index in [1.54, 1.807) is 4.31 Å². The summed E-state index contributed by atoms with van der Waals surface area (Å²) < 4.78 is 27.5. The zero-order valence-electron chi connectivity index (χ0n) is 13.7. The second-order valence-electron chi connectivity index (χ2n) is 6.76. The maximum atomic E-state index is 12.9. The fourth-order valence-corrected chi connectivity index (χ4v) is 4.82. The third-order valence-corrected chi connectivity index (χ3v) is 6.63. The molecule has 1 aliphatic heterocycles. The fourth-order valence-electron chi connectivity index (χ4n) is 2.96. The molecule has 0 unspecified atom stereocenters. The highest BCUT2D eigenvalue weighted by Gasteiger charge is 2.34. The molecule has 1 aromatic rings. The van der Waals surface area contributed by atoms with Gasteiger partial charge in [0.25, 0.3) is 0 Å². The van der Waals surface area contributed by atoms with Gasteiger partial charge in [-0.25, -0.2) is 8.42 Å². The van der Waals surface area contributed by atoms with Gasteiger partial charge in [-0.05, 0) is 55.4 Å². The summed E-state index contributed by atoms with van der Waals surface area (Å²) in [6.07, 6.45) is 1.83. The van der Waals surface area contributed by atoms with E-state index in [1.807, 2.05) is 33.0 Å². The van der Waals surface area contributed by atoms with Crippen LogP contribution in [0.5, 0.6) is 0 Å². The topological polar surface area (TPSA) is 49.4 Å². The second-order valence-corrected chi connectivity index (χ2v) is 8.63. The molecule has 1 fully saturated rings. The minimum absolute atomic E-state index is 0.242. The molecule has 0 aromatic heterocycles. The lowest BCUT2D eigenvalue weighted by molar-refractivity contribution is 0.196. The molecule has 1 heterocycles. The van der Waals surface area contributed by atoms with Gasteiger partial charge in [0.15, 0.2) is 0 Å². The van der Waals surface area contributed by atoms with Crippen LogP contribution in [0.25, 0.3) is 0 Å². The Bertz CT molecular complexity index is 603. The first-order valence-electron chi connectivity index (χ1n) is 7.46. The summed E-state index contributed by atoms with van der Waals surface area (Å²) >= 11 is 0. The van der Waals surface area contributed by atoms with Crippen LogP contribution in [-0.4, -0.2) is 32.9 Å². The average molecular weight is 310 g/mol. The largest absolute Gasteiger partial charge is 0.388 e. The van der Waals surface area contributed by atoms with E-state index in [0.29, 0.717) is 18.0 Å². The minimum atomic E-state index is -3.39. The summed E-state index contributed by atoms with van der Waals surface area (Å²) in [6, 6.07) is 3.79. The van der Waals surface area contributed by atoms with Crippen LogP contribution in [0.4, 0.5) is 5.69 Å². The van der Waals surface area contributed by atoms with Crippen molar-refractivity contribution in [3.8, 4) is 0 Å². The molecule has 2 rings (SSSR count). The third-order valence-electron chi connectivity index (χ3n) is 4.42. The highest BCUT2D eigenvalue weighted by atomic mass is 32.2. The van der Waals surface area contributed by atoms with Crippen molar-refractivity contribution in [3.63, 3.8) is 0 Å². The van der Waals surface area contributed by atoms with E-state index in [2.05, 4.69) is 19.2 Å². The first-order chi connectivity index (χ1) is 9.67. The maximum absolute atomic E-state index is 12.9. The quantitative estimate of drug-likeness (QED) is 0.933. The van der Waals surface area contributed by atoms with Crippen molar-refractivity contribution in [1.29, 1.82) is 0 Å². The lowest BCUT2D eigenvalue weighted by Gasteiger charge is -2.36. The molecule has 0 saturated carbocycles. The summed E-state index contributed by atoms with van der Waals surface area (Å²) in [5, 5.41) is 3.07. The number of hydrogen-bond donors (Lipinski definition) is 1. The molecule has 1 aliphatic rings. The molecule has 0 amide bonds. The van der Waals surface area contributed by atoms with Gasteiger partial charge >= 0.3 is 0 Å². The molecule has 1 aromatic carbocycles. The van der Waals surface area contributed by atoms with E-state index in [-0.39, 0.29) is 5.41 Å². The lowest BCUT2D eigenvalue weighted by atomic mass is 9.83. The molecule has 4 nitrogen and oxygen atoms in total. The Balaban J connectivity index is 2.37. The maximum Gasteiger partial charge on any atom is 0.243 e. The third kappa shape index (κ3) is 3.24. The van der Waals surface area contributed by atoms with Crippen LogP contribution >= 0.6 is 0 Å². The molecule has 1 saturated heterocycles. The number of benzene rings is 1. The monoisotopic (exact) mass is 310 g/mol. The van der Waals surface area contributed by atoms with Crippen molar-refractivity contribution in [3.05, 3.63) is 23.3 Å². The number of sulfonamides is 1. The van der Waals surface area contributed by atoms with Gasteiger partial charge < -0.3 is 5.32 Å². The van der Waals surface area contributed by atoms with Gasteiger partial charge in [0, 0.05) is 25.8 Å². The Labute approximate surface area is 128 Å². The lowest BCUT2D eigenvalue weighted by Crippen LogP contribution is -2.41. The zero-order valence-corrected chi connectivity index (χ0v) is 14.5. The van der Waals surface area contributed by atoms with Crippen molar-refractivity contribution < 1.29 is 8.42 Å². The van der Waals surface area contributed by atoms with Gasteiger partial charge in [-0.1, -0.05) is 13.8 Å². The number of anilines is 1. The van der Waals surface area contributed by atoms with E-state index in [1.165, 1.54) is 0 Å². The number of rotatable bonds is 3. The van der Waals surface area contributed by atoms with E-state index >= 15 is 0 Å². The summed E-state index contributed by atoms with van der Waals surface area (Å²) in [6.45, 7) is 9.37. The Morgan fingerprint density at radius 3 is 2.00 bits per heavy atom. The number of nitrogens with one attached hydrogen (secondary N) is 1. The minimum Gasteiger partial charge on any atom is -0.388 e. The molecule has 0 atom stereocenters. The van der Waals surface area contributed by atoms with Gasteiger partial charge in [0.2, 0.25) is 10.0 Å². The molecular weight excluding hydrogens is 284 g/mol. The average Bonchev–Trinajstić information content (AvgIpc) is 2.36. The van der Waals surface area contributed by atoms with Crippen molar-refractivity contribution in [2.75, 3.05) is 25.5 Å². The Morgan fingerprint density at radius 1 is 1.10 bits per heavy atom. The second kappa shape index (κ2) is 5.61. The standard InChI is InChI=1S/C16H26N2O2S/c1-12-10-14(17-5)11-13(2)15(12)21(19,20)18-8-6-16(3,4)7-9-18/h10-11,17H,6-9H2,1-5H3. The SMILES string of the molecule is CNc1cc(C)c(S(=O)(=O)N2CCC(C)(C)CC2)c(C)c1. The molecule has 118 valence electrons. The number of aryl methyl sites for hydroxylation is 2. The molecule has 0 aliphatic carbocycles. The highest BCUT2D eigenvalue weighted by Crippen LogP contribution is 2.34. The van der Waals surface area contributed by atoms with Crippen molar-refractivity contribution in [2.45, 2.75) is 45.4 Å². The highest BCUT2D eigenvalue weighted by molar-refractivity contribution is 7.89. The van der Waals surface area contributed by atoms with Gasteiger partial charge in [0.05, 0.1) is 4.90 Å². The van der Waals surface area contributed by atoms with Crippen LogP contribution in [-0.2, 0) is 10.0 Å². The van der Waals surface area contributed by atoms with Crippen molar-refractivity contribution in [2.24, 2.45) is 5.41 Å². The zero-order chi connectivity index (χ0) is 15.8. The van der Waals surface area contributed by atoms with Gasteiger partial charge in [-0.2, -0.15) is 4.31 Å². The first kappa shape index (κ1) is 16.3. The van der Waals surface area contributed by atoms with Crippen LogP contribution in [0.2, 0.25) is 0 Å². The number of nitrogens with zero attached hydrogens (tertiary/aromatic N) is 1. The first-order valence-corrected chi connectivity index (χ1v) is 8.90. The van der Waals surface area contributed by atoms with E-state index in [4.69, 9.17) is 0 Å². The fraction of sp³-hybridized carbons (Fsp3) is 0.625. The molecule has 5 heteroatoms. The molecule has 1 N–H and O–H groups in total. The molecule has 0 spiro atoms. The van der Waals surface area contributed by atoms with Crippen LogP contribution in [0.15, 0.2) is 17.0 Å². The Hall–Kier alpha value is -1.07. The predicted octanol–water partition coefficient (Wildman–Crippen LogP) is 3.16. The van der Waals surface area contributed by atoms with Gasteiger partial charge in [0.1, 0.15) is 0 Å². The molecule has 0 bridgehead atoms. The van der Waals surface area contributed by atoms with Gasteiger partial charge in [-0.15, -0.1) is 0 Å². The van der Waals surface area contributed by atoms with Crippen LogP contribution in [0, 0.1) is 19.3 Å². The van der Waals surface area contributed by atoms with Crippen LogP contribution in [0.3, 0.4) is 0 Å². The van der Waals surface area contributed by atoms with Gasteiger partial charge in [-0.3, -0.25) is 0 Å². The smallest absolute Gasteiger partial charge is 0.243 e. The van der Waals surface area contributed by atoms with Crippen molar-refractivity contribution >= 4 is 15.7 Å². The number of hydrogen-bond acceptors (Lipinski definition) is 3. The molecule has 21 heavy (non-hydrogen) atoms. The van der Waals surface area contributed by atoms with E-state index in [0.717, 1.165) is 29.7 Å². The normalized spacial score (nSPS) is 19.5. The summed E-state index contributed by atoms with van der Waals surface area (Å²) in [5.41, 5.74) is 2.81. The van der Waals surface area contributed by atoms with E-state index < -0.39 is 10.0 Å². The molecule has 0 radical (unpaired) electrons. The predicted molar refractivity (Wildman–Crippen MR) is 87.2 cm³/mol. The summed E-state index contributed by atoms with van der Waals surface area (Å²) in [4.78, 5) is 0.473. The van der Waals surface area contributed by atoms with Crippen LogP contribution in [0.1, 0.15) is 37.8 Å². The van der Waals surface area contributed by atoms with E-state index in [9.17, 15) is 8.42 Å². The molecular formula is C16H26N2O2S. The summed E-state index contributed by atoms with van der Waals surface area (Å²) in [5.74, 6) is 0. The Morgan fingerprint density at radius 2 is 1.57 bits per heavy atom. The Kier molecular flexibility index (Phi) is 4.36.